The van der Waals surface area contributed by atoms with E-state index in [0.29, 0.717) is 5.82 Å². The Bertz CT molecular complexity index is 3430. The van der Waals surface area contributed by atoms with Crippen LogP contribution in [0.1, 0.15) is 17.0 Å². The summed E-state index contributed by atoms with van der Waals surface area (Å²) in [4.78, 5) is 10.7. The van der Waals surface area contributed by atoms with Crippen molar-refractivity contribution in [3.05, 3.63) is 199 Å². The second kappa shape index (κ2) is 11.6. The largest absolute Gasteiger partial charge is 0.309 e. The summed E-state index contributed by atoms with van der Waals surface area (Å²) in [5.74, 6) is 0.694. The van der Waals surface area contributed by atoms with E-state index >= 15 is 0 Å². The molecule has 0 radical (unpaired) electrons. The minimum absolute atomic E-state index is 0.694. The van der Waals surface area contributed by atoms with Gasteiger partial charge in [0.25, 0.3) is 0 Å². The Balaban J connectivity index is 1.14. The summed E-state index contributed by atoms with van der Waals surface area (Å²) >= 11 is 0. The predicted octanol–water partition coefficient (Wildman–Crippen LogP) is 13.4. The third kappa shape index (κ3) is 4.38. The molecule has 3 nitrogen and oxygen atoms in total. The van der Waals surface area contributed by atoms with Gasteiger partial charge in [0.05, 0.1) is 22.2 Å². The first-order valence-electron chi connectivity index (χ1n) is 18.8. The van der Waals surface area contributed by atoms with Crippen molar-refractivity contribution in [3.8, 4) is 28.1 Å². The molecule has 11 aromatic rings. The van der Waals surface area contributed by atoms with E-state index in [0.717, 1.165) is 33.4 Å². The fraction of sp³-hybridized carbons (Fsp3) is 0. The van der Waals surface area contributed by atoms with Gasteiger partial charge in [0.15, 0.2) is 5.82 Å². The van der Waals surface area contributed by atoms with Gasteiger partial charge < -0.3 is 4.57 Å². The Labute approximate surface area is 317 Å². The van der Waals surface area contributed by atoms with E-state index < -0.39 is 0 Å². The maximum atomic E-state index is 5.44. The molecule has 0 aliphatic heterocycles. The Morgan fingerprint density at radius 3 is 1.82 bits per heavy atom. The quantitative estimate of drug-likeness (QED) is 0.172. The molecule has 0 amide bonds. The Kier molecular flexibility index (Phi) is 6.34. The third-order valence-electron chi connectivity index (χ3n) is 11.5. The average molecular weight is 698 g/mol. The maximum Gasteiger partial charge on any atom is 0.153 e. The van der Waals surface area contributed by atoms with E-state index in [9.17, 15) is 0 Å². The smallest absolute Gasteiger partial charge is 0.153 e. The molecule has 2 aromatic heterocycles. The lowest BCUT2D eigenvalue weighted by Gasteiger charge is -2.14. The number of hydrogen-bond donors (Lipinski definition) is 0. The van der Waals surface area contributed by atoms with Gasteiger partial charge in [0.2, 0.25) is 0 Å². The molecular weight excluding hydrogens is 667 g/mol. The number of para-hydroxylation sites is 3. The van der Waals surface area contributed by atoms with Crippen LogP contribution in [0.15, 0.2) is 182 Å². The molecule has 0 fully saturated rings. The van der Waals surface area contributed by atoms with E-state index in [1.807, 2.05) is 0 Å². The van der Waals surface area contributed by atoms with Crippen LogP contribution in [0.5, 0.6) is 0 Å². The van der Waals surface area contributed by atoms with Gasteiger partial charge in [0.1, 0.15) is 0 Å². The van der Waals surface area contributed by atoms with E-state index in [4.69, 9.17) is 9.97 Å². The average Bonchev–Trinajstić information content (AvgIpc) is 3.77. The highest BCUT2D eigenvalue weighted by Gasteiger charge is 2.30. The molecule has 0 unspecified atom stereocenters. The van der Waals surface area contributed by atoms with Crippen LogP contribution in [0.4, 0.5) is 0 Å². The minimum atomic E-state index is 0.694. The van der Waals surface area contributed by atoms with Crippen molar-refractivity contribution in [2.24, 2.45) is 0 Å². The summed E-state index contributed by atoms with van der Waals surface area (Å²) in [5.41, 5.74) is 12.6. The molecule has 0 bridgehead atoms. The van der Waals surface area contributed by atoms with Crippen LogP contribution < -0.4 is 0 Å². The minimum Gasteiger partial charge on any atom is -0.309 e. The van der Waals surface area contributed by atoms with Gasteiger partial charge in [-0.2, -0.15) is 0 Å². The van der Waals surface area contributed by atoms with Crippen molar-refractivity contribution in [1.29, 1.82) is 0 Å². The fourth-order valence-corrected chi connectivity index (χ4v) is 9.21. The summed E-state index contributed by atoms with van der Waals surface area (Å²) in [6, 6.07) is 65.5. The zero-order chi connectivity index (χ0) is 36.0. The van der Waals surface area contributed by atoms with Crippen LogP contribution >= 0.6 is 0 Å². The molecule has 2 heterocycles. The first-order valence-corrected chi connectivity index (χ1v) is 18.8. The lowest BCUT2D eigenvalue weighted by Crippen LogP contribution is -1.96. The van der Waals surface area contributed by atoms with Gasteiger partial charge >= 0.3 is 0 Å². The maximum absolute atomic E-state index is 5.44. The summed E-state index contributed by atoms with van der Waals surface area (Å²) in [7, 11) is 0. The molecule has 0 saturated heterocycles. The second-order valence-electron chi connectivity index (χ2n) is 14.5. The number of hydrogen-bond acceptors (Lipinski definition) is 2. The van der Waals surface area contributed by atoms with E-state index in [2.05, 4.69) is 193 Å². The van der Waals surface area contributed by atoms with Crippen molar-refractivity contribution in [3.63, 3.8) is 0 Å². The summed E-state index contributed by atoms with van der Waals surface area (Å²) < 4.78 is 2.36. The number of fused-ring (bicyclic) bond motifs is 14. The van der Waals surface area contributed by atoms with E-state index in [-0.39, 0.29) is 0 Å². The van der Waals surface area contributed by atoms with Crippen LogP contribution in [-0.4, -0.2) is 14.5 Å². The first kappa shape index (κ1) is 30.1. The van der Waals surface area contributed by atoms with Crippen LogP contribution in [-0.2, 0) is 0 Å². The van der Waals surface area contributed by atoms with Crippen molar-refractivity contribution in [1.82, 2.24) is 14.5 Å². The normalized spacial score (nSPS) is 13.1. The highest BCUT2D eigenvalue weighted by Crippen LogP contribution is 2.54. The van der Waals surface area contributed by atoms with Crippen LogP contribution in [0, 0.1) is 0 Å². The van der Waals surface area contributed by atoms with Crippen molar-refractivity contribution < 1.29 is 0 Å². The highest BCUT2D eigenvalue weighted by molar-refractivity contribution is 6.28. The predicted molar refractivity (Wildman–Crippen MR) is 231 cm³/mol. The molecule has 0 atom stereocenters. The zero-order valence-electron chi connectivity index (χ0n) is 29.7. The second-order valence-corrected chi connectivity index (χ2v) is 14.5. The number of benzene rings is 9. The standard InChI is InChI=1S/C52H31N3/c1-2-15-34(16-3-1)55-46-25-13-11-20-38(46)43-30-33(27-29-47(43)55)52-42-23-10-12-24-45(42)53-48(54-52)31-44-41-28-26-32-14-4-5-17-35(32)49(41)51-40-22-9-7-19-37(40)36-18-6-8-21-39(36)50(44)51/h1-31H/b44-31+. The third-order valence-corrected chi connectivity index (χ3v) is 11.5. The number of rotatable bonds is 3. The van der Waals surface area contributed by atoms with Crippen molar-refractivity contribution in [2.75, 3.05) is 0 Å². The van der Waals surface area contributed by atoms with Gasteiger partial charge in [-0.05, 0) is 103 Å². The van der Waals surface area contributed by atoms with E-state index in [1.54, 1.807) is 0 Å². The van der Waals surface area contributed by atoms with Gasteiger partial charge in [-0.15, -0.1) is 0 Å². The fourth-order valence-electron chi connectivity index (χ4n) is 9.21. The molecule has 254 valence electrons. The molecule has 9 aromatic carbocycles. The lowest BCUT2D eigenvalue weighted by atomic mass is 9.89. The molecule has 0 saturated carbocycles. The first-order chi connectivity index (χ1) is 27.3. The molecule has 0 N–H and O–H groups in total. The zero-order valence-corrected chi connectivity index (χ0v) is 29.7. The topological polar surface area (TPSA) is 30.7 Å². The molecule has 55 heavy (non-hydrogen) atoms. The Hall–Kier alpha value is -7.36. The van der Waals surface area contributed by atoms with E-state index in [1.165, 1.54) is 76.4 Å². The van der Waals surface area contributed by atoms with Crippen molar-refractivity contribution >= 4 is 76.7 Å². The SMILES string of the molecule is C(=C1/c2ccc3ccccc3c2-c2c1c1ccccc1c1ccccc21)/c1nc(-c2ccc3c(c2)c2ccccc2n3-c2ccccc2)c2ccccc2n1. The van der Waals surface area contributed by atoms with Crippen molar-refractivity contribution in [2.45, 2.75) is 0 Å². The molecule has 1 aliphatic rings. The Morgan fingerprint density at radius 1 is 0.400 bits per heavy atom. The molecule has 3 heteroatoms. The monoisotopic (exact) mass is 697 g/mol. The molecule has 12 rings (SSSR count). The summed E-state index contributed by atoms with van der Waals surface area (Å²) in [5, 5.41) is 11.0. The van der Waals surface area contributed by atoms with Crippen LogP contribution in [0.3, 0.4) is 0 Å². The lowest BCUT2D eigenvalue weighted by molar-refractivity contribution is 1.18. The van der Waals surface area contributed by atoms with Gasteiger partial charge in [-0.3, -0.25) is 0 Å². The van der Waals surface area contributed by atoms with Gasteiger partial charge in [0, 0.05) is 27.4 Å². The summed E-state index contributed by atoms with van der Waals surface area (Å²) in [6.45, 7) is 0. The highest BCUT2D eigenvalue weighted by atomic mass is 15.0. The Morgan fingerprint density at radius 2 is 1.02 bits per heavy atom. The van der Waals surface area contributed by atoms with Gasteiger partial charge in [-0.25, -0.2) is 9.97 Å². The van der Waals surface area contributed by atoms with Crippen LogP contribution in [0.25, 0.3) is 105 Å². The number of nitrogens with zero attached hydrogens (tertiary/aromatic N) is 3. The molecule has 0 spiro atoms. The number of aromatic nitrogens is 3. The molecular formula is C52H31N3. The van der Waals surface area contributed by atoms with Gasteiger partial charge in [-0.1, -0.05) is 146 Å². The summed E-state index contributed by atoms with van der Waals surface area (Å²) in [6.07, 6.45) is 2.23. The van der Waals surface area contributed by atoms with Crippen LogP contribution in [0.2, 0.25) is 0 Å². The molecule has 1 aliphatic carbocycles.